The number of nitrogens with zero attached hydrogens (tertiary/aromatic N) is 2. The number of carbonyl (C=O) groups is 1. The summed E-state index contributed by atoms with van der Waals surface area (Å²) in [6.45, 7) is 1.18. The molecular formula is C26H21ClN4O2S. The molecule has 0 unspecified atom stereocenters. The fourth-order valence-corrected chi connectivity index (χ4v) is 4.79. The lowest BCUT2D eigenvalue weighted by molar-refractivity contribution is 0.103. The quantitative estimate of drug-likeness (QED) is 0.249. The van der Waals surface area contributed by atoms with E-state index in [2.05, 4.69) is 27.8 Å². The minimum absolute atomic E-state index is 0.107. The van der Waals surface area contributed by atoms with Gasteiger partial charge in [-0.1, -0.05) is 48.0 Å². The number of halogens is 1. The molecule has 0 bridgehead atoms. The molecule has 5 aromatic rings. The van der Waals surface area contributed by atoms with Crippen LogP contribution in [0.4, 0.5) is 11.4 Å². The van der Waals surface area contributed by atoms with Crippen LogP contribution in [0.15, 0.2) is 85.3 Å². The summed E-state index contributed by atoms with van der Waals surface area (Å²) >= 11 is 7.17. The first-order chi connectivity index (χ1) is 16.6. The van der Waals surface area contributed by atoms with Gasteiger partial charge in [0, 0.05) is 36.2 Å². The van der Waals surface area contributed by atoms with Crippen LogP contribution in [0.25, 0.3) is 10.8 Å². The number of fused-ring (bicyclic) bond motifs is 1. The molecule has 170 valence electrons. The van der Waals surface area contributed by atoms with Gasteiger partial charge in [-0.05, 0) is 41.5 Å². The molecule has 5 rings (SSSR count). The molecule has 0 atom stereocenters. The molecule has 0 saturated heterocycles. The van der Waals surface area contributed by atoms with Crippen molar-refractivity contribution in [3.8, 4) is 5.88 Å². The Hall–Kier alpha value is -3.81. The number of amides is 1. The summed E-state index contributed by atoms with van der Waals surface area (Å²) in [5.74, 6) is -0.152. The maximum absolute atomic E-state index is 12.6. The number of nitrogens with one attached hydrogen (secondary N) is 2. The van der Waals surface area contributed by atoms with E-state index in [1.165, 1.54) is 11.3 Å². The van der Waals surface area contributed by atoms with Gasteiger partial charge in [-0.15, -0.1) is 11.3 Å². The number of thiophene rings is 1. The van der Waals surface area contributed by atoms with Crippen LogP contribution in [0.2, 0.25) is 4.34 Å². The molecule has 0 aliphatic rings. The largest absolute Gasteiger partial charge is 0.494 e. The number of pyridine rings is 1. The van der Waals surface area contributed by atoms with Gasteiger partial charge in [-0.25, -0.2) is 0 Å². The van der Waals surface area contributed by atoms with Gasteiger partial charge in [0.15, 0.2) is 0 Å². The van der Waals surface area contributed by atoms with Crippen molar-refractivity contribution >= 4 is 51.0 Å². The summed E-state index contributed by atoms with van der Waals surface area (Å²) in [4.78, 5) is 17.2. The highest BCUT2D eigenvalue weighted by Gasteiger charge is 2.16. The summed E-state index contributed by atoms with van der Waals surface area (Å²) in [6.07, 6.45) is 5.40. The Morgan fingerprint density at radius 2 is 1.82 bits per heavy atom. The third-order valence-corrected chi connectivity index (χ3v) is 6.68. The second-order valence-electron chi connectivity index (χ2n) is 7.82. The molecular weight excluding hydrogens is 468 g/mol. The van der Waals surface area contributed by atoms with Crippen LogP contribution in [0.3, 0.4) is 0 Å². The van der Waals surface area contributed by atoms with E-state index >= 15 is 0 Å². The maximum atomic E-state index is 12.6. The summed E-state index contributed by atoms with van der Waals surface area (Å²) in [5.41, 5.74) is 3.75. The molecule has 0 saturated carbocycles. The van der Waals surface area contributed by atoms with Gasteiger partial charge < -0.3 is 20.3 Å². The van der Waals surface area contributed by atoms with E-state index in [1.807, 2.05) is 42.6 Å². The monoisotopic (exact) mass is 488 g/mol. The Kier molecular flexibility index (Phi) is 6.20. The highest BCUT2D eigenvalue weighted by atomic mass is 35.5. The molecule has 6 nitrogen and oxygen atoms in total. The molecule has 8 heteroatoms. The molecule has 34 heavy (non-hydrogen) atoms. The Balaban J connectivity index is 1.36. The molecule has 3 heterocycles. The van der Waals surface area contributed by atoms with Crippen molar-refractivity contribution in [3.63, 3.8) is 0 Å². The molecule has 0 radical (unpaired) electrons. The lowest BCUT2D eigenvalue weighted by Crippen LogP contribution is -2.10. The predicted molar refractivity (Wildman–Crippen MR) is 138 cm³/mol. The topological polar surface area (TPSA) is 79.2 Å². The van der Waals surface area contributed by atoms with Gasteiger partial charge in [0.1, 0.15) is 0 Å². The molecule has 0 fully saturated rings. The van der Waals surface area contributed by atoms with Crippen LogP contribution in [0, 0.1) is 0 Å². The average Bonchev–Trinajstić information content (AvgIpc) is 3.42. The second kappa shape index (κ2) is 9.59. The Bertz CT molecular complexity index is 1460. The van der Waals surface area contributed by atoms with E-state index in [0.717, 1.165) is 22.2 Å². The maximum Gasteiger partial charge on any atom is 0.265 e. The van der Waals surface area contributed by atoms with Crippen LogP contribution in [-0.4, -0.2) is 20.6 Å². The predicted octanol–water partition coefficient (Wildman–Crippen LogP) is 6.37. The second-order valence-corrected chi connectivity index (χ2v) is 9.53. The standard InChI is InChI=1S/C26H21ClN4O2S/c27-23-8-7-22(34-23)25(32)30-21-6-2-5-19-16-31(26(33)24(19)21)15-18-4-1-3-17(13-18)14-29-20-9-11-28-12-10-20/h1-13,16,33H,14-15H2,(H,28,29)(H,30,32). The first-order valence-electron chi connectivity index (χ1n) is 10.7. The first-order valence-corrected chi connectivity index (χ1v) is 11.9. The summed E-state index contributed by atoms with van der Waals surface area (Å²) in [7, 11) is 0. The van der Waals surface area contributed by atoms with Crippen LogP contribution in [0.1, 0.15) is 20.8 Å². The van der Waals surface area contributed by atoms with Gasteiger partial charge in [-0.2, -0.15) is 0 Å². The fraction of sp³-hybridized carbons (Fsp3) is 0.0769. The fourth-order valence-electron chi connectivity index (χ4n) is 3.85. The van der Waals surface area contributed by atoms with Crippen LogP contribution in [0.5, 0.6) is 5.88 Å². The number of benzene rings is 2. The van der Waals surface area contributed by atoms with E-state index < -0.39 is 0 Å². The van der Waals surface area contributed by atoms with Crippen LogP contribution >= 0.6 is 22.9 Å². The van der Waals surface area contributed by atoms with E-state index in [9.17, 15) is 9.90 Å². The zero-order valence-electron chi connectivity index (χ0n) is 18.0. The van der Waals surface area contributed by atoms with Gasteiger partial charge >= 0.3 is 0 Å². The highest BCUT2D eigenvalue weighted by Crippen LogP contribution is 2.35. The minimum atomic E-state index is -0.258. The first kappa shape index (κ1) is 22.0. The smallest absolute Gasteiger partial charge is 0.265 e. The summed E-state index contributed by atoms with van der Waals surface area (Å²) in [5, 5.41) is 18.7. The lowest BCUT2D eigenvalue weighted by atomic mass is 10.1. The van der Waals surface area contributed by atoms with E-state index in [4.69, 9.17) is 11.6 Å². The number of aromatic nitrogens is 2. The number of carbonyl (C=O) groups excluding carboxylic acids is 1. The summed E-state index contributed by atoms with van der Waals surface area (Å²) < 4.78 is 2.34. The molecule has 0 aliphatic heterocycles. The van der Waals surface area contributed by atoms with Crippen molar-refractivity contribution in [2.45, 2.75) is 13.1 Å². The number of anilines is 2. The molecule has 1 amide bonds. The van der Waals surface area contributed by atoms with Gasteiger partial charge in [0.05, 0.1) is 26.8 Å². The van der Waals surface area contributed by atoms with Crippen molar-refractivity contribution in [2.24, 2.45) is 0 Å². The van der Waals surface area contributed by atoms with Crippen molar-refractivity contribution in [1.82, 2.24) is 9.55 Å². The molecule has 3 aromatic heterocycles. The van der Waals surface area contributed by atoms with Crippen molar-refractivity contribution < 1.29 is 9.90 Å². The van der Waals surface area contributed by atoms with Crippen LogP contribution in [-0.2, 0) is 13.1 Å². The molecule has 2 aromatic carbocycles. The zero-order valence-corrected chi connectivity index (χ0v) is 19.6. The third kappa shape index (κ3) is 4.76. The van der Waals surface area contributed by atoms with Gasteiger partial charge in [0.25, 0.3) is 5.91 Å². The molecule has 3 N–H and O–H groups in total. The lowest BCUT2D eigenvalue weighted by Gasteiger charge is -2.10. The normalized spacial score (nSPS) is 11.0. The van der Waals surface area contributed by atoms with E-state index in [1.54, 1.807) is 35.2 Å². The Morgan fingerprint density at radius 1 is 1.03 bits per heavy atom. The van der Waals surface area contributed by atoms with E-state index in [0.29, 0.717) is 33.4 Å². The molecule has 0 spiro atoms. The summed E-state index contributed by atoms with van der Waals surface area (Å²) in [6, 6.07) is 21.0. The third-order valence-electron chi connectivity index (χ3n) is 5.45. The number of aromatic hydroxyl groups is 1. The number of rotatable bonds is 7. The highest BCUT2D eigenvalue weighted by molar-refractivity contribution is 7.18. The number of hydrogen-bond acceptors (Lipinski definition) is 5. The van der Waals surface area contributed by atoms with Crippen molar-refractivity contribution in [3.05, 3.63) is 106 Å². The van der Waals surface area contributed by atoms with Crippen LogP contribution < -0.4 is 10.6 Å². The average molecular weight is 489 g/mol. The number of hydrogen-bond donors (Lipinski definition) is 3. The van der Waals surface area contributed by atoms with Crippen molar-refractivity contribution in [2.75, 3.05) is 10.6 Å². The minimum Gasteiger partial charge on any atom is -0.494 e. The molecule has 0 aliphatic carbocycles. The van der Waals surface area contributed by atoms with E-state index in [-0.39, 0.29) is 11.8 Å². The Morgan fingerprint density at radius 3 is 2.62 bits per heavy atom. The Labute approximate surface area is 205 Å². The van der Waals surface area contributed by atoms with Crippen molar-refractivity contribution in [1.29, 1.82) is 0 Å². The van der Waals surface area contributed by atoms with Gasteiger partial charge in [-0.3, -0.25) is 9.78 Å². The zero-order chi connectivity index (χ0) is 23.5. The SMILES string of the molecule is O=C(Nc1cccc2cn(Cc3cccc(CNc4ccncc4)c3)c(O)c12)c1ccc(Cl)s1. The van der Waals surface area contributed by atoms with Gasteiger partial charge in [0.2, 0.25) is 5.88 Å².